The van der Waals surface area contributed by atoms with Crippen LogP contribution in [0.4, 0.5) is 0 Å². The van der Waals surface area contributed by atoms with E-state index in [0.29, 0.717) is 0 Å². The van der Waals surface area contributed by atoms with E-state index < -0.39 is 0 Å². The van der Waals surface area contributed by atoms with E-state index in [2.05, 4.69) is 23.7 Å². The lowest BCUT2D eigenvalue weighted by atomic mass is 10.2. The molecule has 1 atom stereocenters. The van der Waals surface area contributed by atoms with Gasteiger partial charge in [0.1, 0.15) is 0 Å². The van der Waals surface area contributed by atoms with Gasteiger partial charge in [0.25, 0.3) is 0 Å². The van der Waals surface area contributed by atoms with Gasteiger partial charge in [-0.2, -0.15) is 11.8 Å². The van der Waals surface area contributed by atoms with Crippen LogP contribution in [0.3, 0.4) is 0 Å². The molecule has 0 spiro atoms. The second-order valence-corrected chi connectivity index (χ2v) is 4.95. The van der Waals surface area contributed by atoms with Gasteiger partial charge >= 0.3 is 0 Å². The average molecular weight is 188 g/mol. The van der Waals surface area contributed by atoms with Crippen LogP contribution in [0.15, 0.2) is 0 Å². The summed E-state index contributed by atoms with van der Waals surface area (Å²) in [6.07, 6.45) is 4.25. The van der Waals surface area contributed by atoms with Gasteiger partial charge in [0.05, 0.1) is 0 Å². The van der Waals surface area contributed by atoms with Crippen LogP contribution in [0.5, 0.6) is 0 Å². The summed E-state index contributed by atoms with van der Waals surface area (Å²) in [5, 5.41) is 0.871. The Kier molecular flexibility index (Phi) is 5.04. The molecule has 1 unspecified atom stereocenters. The zero-order valence-electron chi connectivity index (χ0n) is 7.96. The van der Waals surface area contributed by atoms with Crippen molar-refractivity contribution in [2.45, 2.75) is 24.5 Å². The molecule has 0 aromatic carbocycles. The lowest BCUT2D eigenvalue weighted by Crippen LogP contribution is -2.32. The zero-order chi connectivity index (χ0) is 8.81. The Hall–Kier alpha value is 0.270. The normalized spacial score (nSPS) is 24.8. The number of thioether (sulfide) groups is 1. The Morgan fingerprint density at radius 2 is 2.33 bits per heavy atom. The molecule has 0 amide bonds. The molecular formula is C9H20N2S. The molecule has 12 heavy (non-hydrogen) atoms. The molecule has 0 bridgehead atoms. The van der Waals surface area contributed by atoms with Gasteiger partial charge in [-0.25, -0.2) is 0 Å². The fraction of sp³-hybridized carbons (Fsp3) is 1.00. The Morgan fingerprint density at radius 1 is 1.50 bits per heavy atom. The second kappa shape index (κ2) is 5.84. The van der Waals surface area contributed by atoms with Crippen LogP contribution in [0, 0.1) is 0 Å². The zero-order valence-corrected chi connectivity index (χ0v) is 8.78. The Bertz CT molecular complexity index is 113. The smallest absolute Gasteiger partial charge is 0.0174 e. The monoisotopic (exact) mass is 188 g/mol. The van der Waals surface area contributed by atoms with Gasteiger partial charge in [-0.3, -0.25) is 0 Å². The summed E-state index contributed by atoms with van der Waals surface area (Å²) in [5.74, 6) is 1.36. The SMILES string of the molecule is CN(CCN)CC1CCCCS1. The van der Waals surface area contributed by atoms with E-state index in [1.165, 1.54) is 31.6 Å². The summed E-state index contributed by atoms with van der Waals surface area (Å²) in [6, 6.07) is 0. The quantitative estimate of drug-likeness (QED) is 0.718. The Balaban J connectivity index is 2.11. The topological polar surface area (TPSA) is 29.3 Å². The molecule has 1 heterocycles. The van der Waals surface area contributed by atoms with Crippen LogP contribution in [-0.4, -0.2) is 42.6 Å². The van der Waals surface area contributed by atoms with Crippen LogP contribution in [0.2, 0.25) is 0 Å². The van der Waals surface area contributed by atoms with E-state index in [9.17, 15) is 0 Å². The third-order valence-corrected chi connectivity index (χ3v) is 3.68. The van der Waals surface area contributed by atoms with Crippen molar-refractivity contribution >= 4 is 11.8 Å². The first-order valence-corrected chi connectivity index (χ1v) is 5.88. The van der Waals surface area contributed by atoms with Crippen molar-refractivity contribution in [2.75, 3.05) is 32.4 Å². The molecule has 2 nitrogen and oxygen atoms in total. The van der Waals surface area contributed by atoms with Crippen molar-refractivity contribution in [1.82, 2.24) is 4.90 Å². The molecule has 0 aromatic rings. The highest BCUT2D eigenvalue weighted by Gasteiger charge is 2.14. The van der Waals surface area contributed by atoms with Crippen molar-refractivity contribution in [3.05, 3.63) is 0 Å². The molecule has 1 aliphatic heterocycles. The Labute approximate surface area is 79.9 Å². The number of nitrogens with zero attached hydrogens (tertiary/aromatic N) is 1. The number of hydrogen-bond acceptors (Lipinski definition) is 3. The highest BCUT2D eigenvalue weighted by atomic mass is 32.2. The van der Waals surface area contributed by atoms with Gasteiger partial charge in [-0.1, -0.05) is 6.42 Å². The number of hydrogen-bond donors (Lipinski definition) is 1. The van der Waals surface area contributed by atoms with Gasteiger partial charge in [0, 0.05) is 24.9 Å². The predicted octanol–water partition coefficient (Wildman–Crippen LogP) is 1.16. The van der Waals surface area contributed by atoms with E-state index in [1.807, 2.05) is 0 Å². The van der Waals surface area contributed by atoms with Crippen molar-refractivity contribution in [2.24, 2.45) is 5.73 Å². The molecule has 1 fully saturated rings. The van der Waals surface area contributed by atoms with Crippen molar-refractivity contribution in [3.8, 4) is 0 Å². The molecule has 0 saturated carbocycles. The van der Waals surface area contributed by atoms with Gasteiger partial charge in [-0.15, -0.1) is 0 Å². The third kappa shape index (κ3) is 3.78. The first kappa shape index (κ1) is 10.4. The number of likely N-dealkylation sites (N-methyl/N-ethyl adjacent to an activating group) is 1. The largest absolute Gasteiger partial charge is 0.329 e. The third-order valence-electron chi connectivity index (χ3n) is 2.30. The van der Waals surface area contributed by atoms with Crippen LogP contribution >= 0.6 is 11.8 Å². The van der Waals surface area contributed by atoms with Crippen LogP contribution in [0.25, 0.3) is 0 Å². The summed E-state index contributed by atoms with van der Waals surface area (Å²) in [4.78, 5) is 2.35. The molecule has 1 rings (SSSR count). The first-order valence-electron chi connectivity index (χ1n) is 4.83. The summed E-state index contributed by atoms with van der Waals surface area (Å²) in [7, 11) is 2.17. The molecule has 0 aliphatic carbocycles. The fourth-order valence-corrected chi connectivity index (χ4v) is 3.01. The summed E-state index contributed by atoms with van der Waals surface area (Å²) in [6.45, 7) is 3.05. The fourth-order valence-electron chi connectivity index (χ4n) is 1.61. The molecule has 3 heteroatoms. The molecule has 1 saturated heterocycles. The Morgan fingerprint density at radius 3 is 2.92 bits per heavy atom. The lowest BCUT2D eigenvalue weighted by Gasteiger charge is -2.26. The highest BCUT2D eigenvalue weighted by Crippen LogP contribution is 2.25. The van der Waals surface area contributed by atoms with E-state index in [-0.39, 0.29) is 0 Å². The van der Waals surface area contributed by atoms with Crippen molar-refractivity contribution in [1.29, 1.82) is 0 Å². The maximum atomic E-state index is 5.49. The van der Waals surface area contributed by atoms with E-state index in [0.717, 1.165) is 18.3 Å². The van der Waals surface area contributed by atoms with Gasteiger partial charge in [0.2, 0.25) is 0 Å². The molecule has 0 aromatic heterocycles. The maximum absolute atomic E-state index is 5.49. The number of nitrogens with two attached hydrogens (primary N) is 1. The van der Waals surface area contributed by atoms with Crippen molar-refractivity contribution in [3.63, 3.8) is 0 Å². The van der Waals surface area contributed by atoms with Gasteiger partial charge in [0.15, 0.2) is 0 Å². The minimum atomic E-state index is 0.786. The summed E-state index contributed by atoms with van der Waals surface area (Å²) in [5.41, 5.74) is 5.49. The summed E-state index contributed by atoms with van der Waals surface area (Å²) < 4.78 is 0. The lowest BCUT2D eigenvalue weighted by molar-refractivity contribution is 0.336. The van der Waals surface area contributed by atoms with Crippen LogP contribution in [-0.2, 0) is 0 Å². The molecular weight excluding hydrogens is 168 g/mol. The van der Waals surface area contributed by atoms with Crippen LogP contribution < -0.4 is 5.73 Å². The average Bonchev–Trinajstić information content (AvgIpc) is 2.06. The van der Waals surface area contributed by atoms with E-state index in [1.54, 1.807) is 0 Å². The summed E-state index contributed by atoms with van der Waals surface area (Å²) >= 11 is 2.13. The van der Waals surface area contributed by atoms with Gasteiger partial charge < -0.3 is 10.6 Å². The number of rotatable bonds is 4. The second-order valence-electron chi connectivity index (χ2n) is 3.54. The first-order chi connectivity index (χ1) is 5.83. The highest BCUT2D eigenvalue weighted by molar-refractivity contribution is 7.99. The van der Waals surface area contributed by atoms with Crippen LogP contribution in [0.1, 0.15) is 19.3 Å². The molecule has 0 radical (unpaired) electrons. The standard InChI is InChI=1S/C9H20N2S/c1-11(6-5-10)8-9-4-2-3-7-12-9/h9H,2-8,10H2,1H3. The molecule has 72 valence electrons. The van der Waals surface area contributed by atoms with Gasteiger partial charge in [-0.05, 0) is 25.6 Å². The molecule has 2 N–H and O–H groups in total. The minimum absolute atomic E-state index is 0.786. The minimum Gasteiger partial charge on any atom is -0.329 e. The maximum Gasteiger partial charge on any atom is 0.0174 e. The van der Waals surface area contributed by atoms with E-state index >= 15 is 0 Å². The molecule has 1 aliphatic rings. The van der Waals surface area contributed by atoms with E-state index in [4.69, 9.17) is 5.73 Å². The van der Waals surface area contributed by atoms with Crippen molar-refractivity contribution < 1.29 is 0 Å². The predicted molar refractivity (Wildman–Crippen MR) is 56.6 cm³/mol.